The fourth-order valence-electron chi connectivity index (χ4n) is 3.64. The third-order valence-electron chi connectivity index (χ3n) is 5.10. The lowest BCUT2D eigenvalue weighted by Gasteiger charge is -2.20. The highest BCUT2D eigenvalue weighted by Crippen LogP contribution is 2.32. The highest BCUT2D eigenvalue weighted by atomic mass is 16.2. The van der Waals surface area contributed by atoms with Gasteiger partial charge in [-0.1, -0.05) is 36.4 Å². The minimum Gasteiger partial charge on any atom is -0.304 e. The number of hydrogen-bond donors (Lipinski definition) is 0. The number of amides is 1. The van der Waals surface area contributed by atoms with Crippen LogP contribution in [0.2, 0.25) is 0 Å². The lowest BCUT2D eigenvalue weighted by atomic mass is 10.1. The number of anilines is 1. The third kappa shape index (κ3) is 2.60. The summed E-state index contributed by atoms with van der Waals surface area (Å²) in [5.41, 5.74) is 3.41. The second-order valence-corrected chi connectivity index (χ2v) is 7.16. The van der Waals surface area contributed by atoms with Crippen molar-refractivity contribution in [1.29, 1.82) is 0 Å². The molecule has 0 spiro atoms. The van der Waals surface area contributed by atoms with Gasteiger partial charge in [-0.15, -0.1) is 0 Å². The van der Waals surface area contributed by atoms with Crippen molar-refractivity contribution in [3.63, 3.8) is 0 Å². The van der Waals surface area contributed by atoms with Crippen molar-refractivity contribution in [3.8, 4) is 5.69 Å². The standard InChI is InChI=1S/C22H22N4O2/c1-14(2)25-18-13-9-8-12-17(18)20(21(25)27)23-19-15(3)24(4)26(22(19)28)16-10-6-5-7-11-16/h5-14H,1-4H3. The second kappa shape index (κ2) is 6.64. The van der Waals surface area contributed by atoms with E-state index in [1.165, 1.54) is 0 Å². The number of hydrogen-bond acceptors (Lipinski definition) is 3. The van der Waals surface area contributed by atoms with Gasteiger partial charge in [-0.3, -0.25) is 14.3 Å². The molecule has 3 aromatic rings. The summed E-state index contributed by atoms with van der Waals surface area (Å²) in [6, 6.07) is 17.0. The molecule has 0 fully saturated rings. The van der Waals surface area contributed by atoms with Crippen molar-refractivity contribution in [2.24, 2.45) is 12.0 Å². The van der Waals surface area contributed by atoms with Gasteiger partial charge in [0.1, 0.15) is 5.71 Å². The largest absolute Gasteiger partial charge is 0.304 e. The summed E-state index contributed by atoms with van der Waals surface area (Å²) in [6.07, 6.45) is 0. The van der Waals surface area contributed by atoms with Gasteiger partial charge in [0.2, 0.25) is 0 Å². The Bertz CT molecular complexity index is 1150. The summed E-state index contributed by atoms with van der Waals surface area (Å²) in [5.74, 6) is -0.176. The van der Waals surface area contributed by atoms with E-state index in [-0.39, 0.29) is 23.2 Å². The van der Waals surface area contributed by atoms with Crippen molar-refractivity contribution in [1.82, 2.24) is 9.36 Å². The molecule has 0 atom stereocenters. The molecule has 1 aliphatic rings. The highest BCUT2D eigenvalue weighted by Gasteiger charge is 2.35. The molecular weight excluding hydrogens is 352 g/mol. The monoisotopic (exact) mass is 374 g/mol. The van der Waals surface area contributed by atoms with Crippen LogP contribution in [0.25, 0.3) is 5.69 Å². The normalized spacial score (nSPS) is 15.0. The number of nitrogens with zero attached hydrogens (tertiary/aromatic N) is 4. The van der Waals surface area contributed by atoms with E-state index in [1.807, 2.05) is 82.4 Å². The summed E-state index contributed by atoms with van der Waals surface area (Å²) in [5, 5.41) is 0. The third-order valence-corrected chi connectivity index (χ3v) is 5.10. The van der Waals surface area contributed by atoms with Gasteiger partial charge in [-0.25, -0.2) is 9.67 Å². The lowest BCUT2D eigenvalue weighted by Crippen LogP contribution is -2.36. The fourth-order valence-corrected chi connectivity index (χ4v) is 3.64. The average Bonchev–Trinajstić information content (AvgIpc) is 3.08. The number of carbonyl (C=O) groups is 1. The minimum absolute atomic E-state index is 0.000744. The van der Waals surface area contributed by atoms with Gasteiger partial charge >= 0.3 is 0 Å². The number of fused-ring (bicyclic) bond motifs is 1. The molecule has 28 heavy (non-hydrogen) atoms. The van der Waals surface area contributed by atoms with Crippen molar-refractivity contribution < 1.29 is 4.79 Å². The van der Waals surface area contributed by atoms with E-state index in [1.54, 1.807) is 14.3 Å². The summed E-state index contributed by atoms with van der Waals surface area (Å²) in [6.45, 7) is 5.77. The van der Waals surface area contributed by atoms with Crippen LogP contribution >= 0.6 is 0 Å². The SMILES string of the molecule is Cc1c(N=C2C(=O)N(C(C)C)c3ccccc32)c(=O)n(-c2ccccc2)n1C. The lowest BCUT2D eigenvalue weighted by molar-refractivity contribution is -0.112. The maximum atomic E-state index is 13.1. The zero-order valence-corrected chi connectivity index (χ0v) is 16.4. The van der Waals surface area contributed by atoms with Crippen molar-refractivity contribution in [3.05, 3.63) is 76.2 Å². The molecule has 0 radical (unpaired) electrons. The zero-order chi connectivity index (χ0) is 20.0. The Morgan fingerprint density at radius 2 is 1.57 bits per heavy atom. The summed E-state index contributed by atoms with van der Waals surface area (Å²) in [4.78, 5) is 32.5. The molecule has 4 rings (SSSR count). The molecule has 0 bridgehead atoms. The molecule has 0 N–H and O–H groups in total. The van der Waals surface area contributed by atoms with Gasteiger partial charge in [0, 0.05) is 18.7 Å². The number of aliphatic imine (C=N–C) groups is 1. The topological polar surface area (TPSA) is 59.6 Å². The van der Waals surface area contributed by atoms with Crippen LogP contribution in [0, 0.1) is 6.92 Å². The van der Waals surface area contributed by atoms with Crippen molar-refractivity contribution >= 4 is 23.0 Å². The van der Waals surface area contributed by atoms with E-state index in [9.17, 15) is 9.59 Å². The molecule has 2 heterocycles. The second-order valence-electron chi connectivity index (χ2n) is 7.16. The molecule has 1 aromatic heterocycles. The number of benzene rings is 2. The van der Waals surface area contributed by atoms with Crippen LogP contribution in [0.3, 0.4) is 0 Å². The Labute approximate surface area is 163 Å². The van der Waals surface area contributed by atoms with Crippen LogP contribution in [0.15, 0.2) is 64.4 Å². The van der Waals surface area contributed by atoms with Crippen LogP contribution in [0.5, 0.6) is 0 Å². The predicted octanol–water partition coefficient (Wildman–Crippen LogP) is 3.36. The van der Waals surface area contributed by atoms with Gasteiger partial charge in [0.05, 0.1) is 17.1 Å². The number of aromatic nitrogens is 2. The zero-order valence-electron chi connectivity index (χ0n) is 16.4. The Hall–Kier alpha value is -3.41. The van der Waals surface area contributed by atoms with Gasteiger partial charge in [0.25, 0.3) is 11.5 Å². The van der Waals surface area contributed by atoms with Gasteiger partial charge < -0.3 is 4.90 Å². The first-order valence-corrected chi connectivity index (χ1v) is 9.27. The van der Waals surface area contributed by atoms with Crippen LogP contribution in [0.4, 0.5) is 11.4 Å². The van der Waals surface area contributed by atoms with E-state index in [0.29, 0.717) is 11.4 Å². The molecule has 1 aliphatic heterocycles. The van der Waals surface area contributed by atoms with Crippen LogP contribution < -0.4 is 10.5 Å². The Morgan fingerprint density at radius 3 is 2.25 bits per heavy atom. The maximum Gasteiger partial charge on any atom is 0.297 e. The highest BCUT2D eigenvalue weighted by molar-refractivity contribution is 6.54. The van der Waals surface area contributed by atoms with E-state index < -0.39 is 0 Å². The van der Waals surface area contributed by atoms with Gasteiger partial charge in [0.15, 0.2) is 5.69 Å². The minimum atomic E-state index is -0.244. The van der Waals surface area contributed by atoms with Gasteiger partial charge in [-0.2, -0.15) is 0 Å². The first-order valence-electron chi connectivity index (χ1n) is 9.27. The summed E-state index contributed by atoms with van der Waals surface area (Å²) >= 11 is 0. The van der Waals surface area contributed by atoms with Crippen molar-refractivity contribution in [2.75, 3.05) is 4.90 Å². The molecule has 0 unspecified atom stereocenters. The fraction of sp³-hybridized carbons (Fsp3) is 0.227. The quantitative estimate of drug-likeness (QED) is 0.706. The number of carbonyl (C=O) groups excluding carboxylic acids is 1. The molecule has 0 saturated carbocycles. The van der Waals surface area contributed by atoms with Crippen molar-refractivity contribution in [2.45, 2.75) is 26.8 Å². The van der Waals surface area contributed by atoms with Crippen LogP contribution in [-0.4, -0.2) is 27.0 Å². The van der Waals surface area contributed by atoms with Gasteiger partial charge in [-0.05, 0) is 39.0 Å². The molecule has 1 amide bonds. The average molecular weight is 374 g/mol. The van der Waals surface area contributed by atoms with E-state index in [2.05, 4.69) is 4.99 Å². The Morgan fingerprint density at radius 1 is 0.929 bits per heavy atom. The molecule has 0 saturated heterocycles. The first kappa shape index (κ1) is 18.0. The maximum absolute atomic E-state index is 13.1. The molecule has 6 nitrogen and oxygen atoms in total. The van der Waals surface area contributed by atoms with Crippen LogP contribution in [0.1, 0.15) is 25.1 Å². The molecular formula is C22H22N4O2. The summed E-state index contributed by atoms with van der Waals surface area (Å²) < 4.78 is 3.34. The summed E-state index contributed by atoms with van der Waals surface area (Å²) in [7, 11) is 1.82. The Balaban J connectivity index is 1.92. The van der Waals surface area contributed by atoms with E-state index in [4.69, 9.17) is 0 Å². The van der Waals surface area contributed by atoms with E-state index >= 15 is 0 Å². The Kier molecular flexibility index (Phi) is 4.26. The molecule has 2 aromatic carbocycles. The molecule has 142 valence electrons. The molecule has 0 aliphatic carbocycles. The molecule has 6 heteroatoms. The van der Waals surface area contributed by atoms with Crippen LogP contribution in [-0.2, 0) is 11.8 Å². The first-order chi connectivity index (χ1) is 13.4. The smallest absolute Gasteiger partial charge is 0.297 e. The number of para-hydroxylation sites is 2. The van der Waals surface area contributed by atoms with E-state index in [0.717, 1.165) is 16.9 Å². The number of rotatable bonds is 3. The predicted molar refractivity (Wildman–Crippen MR) is 111 cm³/mol.